The summed E-state index contributed by atoms with van der Waals surface area (Å²) in [4.78, 5) is 14.0. The minimum Gasteiger partial charge on any atom is -0.479 e. The van der Waals surface area contributed by atoms with Crippen LogP contribution in [0.1, 0.15) is 26.2 Å². The van der Waals surface area contributed by atoms with E-state index in [0.717, 1.165) is 32.4 Å². The monoisotopic (exact) mass is 266 g/mol. The molecule has 1 aliphatic heterocycles. The topological polar surface area (TPSA) is 55.6 Å². The van der Waals surface area contributed by atoms with E-state index in [9.17, 15) is 9.18 Å². The lowest BCUT2D eigenvalue weighted by atomic mass is 10.1. The molecule has 1 fully saturated rings. The first-order valence-electron chi connectivity index (χ1n) is 6.58. The number of ether oxygens (including phenoxy) is 1. The number of piperidine rings is 1. The van der Waals surface area contributed by atoms with Crippen molar-refractivity contribution in [1.82, 2.24) is 4.90 Å². The third-order valence-electron chi connectivity index (χ3n) is 3.29. The van der Waals surface area contributed by atoms with Crippen LogP contribution in [-0.2, 0) is 4.79 Å². The standard InChI is InChI=1S/C14H19FN2O2/c1-10(14(18)17-7-3-2-4-8-17)19-13-9-11(15)5-6-12(13)16/h5-6,9-10H,2-4,7-8,16H2,1H3. The van der Waals surface area contributed by atoms with Crippen LogP contribution in [0.25, 0.3) is 0 Å². The summed E-state index contributed by atoms with van der Waals surface area (Å²) in [5, 5.41) is 0. The van der Waals surface area contributed by atoms with E-state index >= 15 is 0 Å². The van der Waals surface area contributed by atoms with E-state index in [2.05, 4.69) is 0 Å². The van der Waals surface area contributed by atoms with Crippen molar-refractivity contribution in [2.24, 2.45) is 0 Å². The fraction of sp³-hybridized carbons (Fsp3) is 0.500. The molecule has 104 valence electrons. The molecule has 1 amide bonds. The molecule has 4 nitrogen and oxygen atoms in total. The van der Waals surface area contributed by atoms with E-state index in [0.29, 0.717) is 5.69 Å². The summed E-state index contributed by atoms with van der Waals surface area (Å²) in [7, 11) is 0. The second-order valence-electron chi connectivity index (χ2n) is 4.83. The second kappa shape index (κ2) is 5.91. The van der Waals surface area contributed by atoms with E-state index in [-0.39, 0.29) is 11.7 Å². The molecule has 1 atom stereocenters. The van der Waals surface area contributed by atoms with Gasteiger partial charge in [0.2, 0.25) is 0 Å². The average molecular weight is 266 g/mol. The van der Waals surface area contributed by atoms with Crippen LogP contribution >= 0.6 is 0 Å². The predicted octanol–water partition coefficient (Wildman–Crippen LogP) is 2.19. The average Bonchev–Trinajstić information content (AvgIpc) is 2.43. The van der Waals surface area contributed by atoms with Crippen molar-refractivity contribution in [2.75, 3.05) is 18.8 Å². The highest BCUT2D eigenvalue weighted by molar-refractivity contribution is 5.81. The molecule has 1 heterocycles. The van der Waals surface area contributed by atoms with Crippen LogP contribution < -0.4 is 10.5 Å². The Morgan fingerprint density at radius 3 is 2.74 bits per heavy atom. The van der Waals surface area contributed by atoms with Gasteiger partial charge in [0.05, 0.1) is 5.69 Å². The molecule has 19 heavy (non-hydrogen) atoms. The van der Waals surface area contributed by atoms with Gasteiger partial charge in [-0.05, 0) is 38.3 Å². The quantitative estimate of drug-likeness (QED) is 0.853. The number of amides is 1. The zero-order valence-corrected chi connectivity index (χ0v) is 11.1. The highest BCUT2D eigenvalue weighted by Crippen LogP contribution is 2.24. The first-order valence-corrected chi connectivity index (χ1v) is 6.58. The van der Waals surface area contributed by atoms with Gasteiger partial charge in [0, 0.05) is 19.2 Å². The number of halogens is 1. The first kappa shape index (κ1) is 13.6. The fourth-order valence-corrected chi connectivity index (χ4v) is 2.22. The minimum absolute atomic E-state index is 0.0663. The van der Waals surface area contributed by atoms with Gasteiger partial charge in [-0.3, -0.25) is 4.79 Å². The number of nitrogens with zero attached hydrogens (tertiary/aromatic N) is 1. The molecule has 0 aromatic heterocycles. The van der Waals surface area contributed by atoms with Gasteiger partial charge in [0.1, 0.15) is 11.6 Å². The number of anilines is 1. The molecule has 0 aliphatic carbocycles. The van der Waals surface area contributed by atoms with Gasteiger partial charge in [-0.2, -0.15) is 0 Å². The van der Waals surface area contributed by atoms with Crippen LogP contribution in [0.2, 0.25) is 0 Å². The Balaban J connectivity index is 2.01. The number of hydrogen-bond acceptors (Lipinski definition) is 3. The van der Waals surface area contributed by atoms with Crippen molar-refractivity contribution in [1.29, 1.82) is 0 Å². The molecule has 1 saturated heterocycles. The van der Waals surface area contributed by atoms with Gasteiger partial charge in [-0.15, -0.1) is 0 Å². The normalized spacial score (nSPS) is 17.1. The smallest absolute Gasteiger partial charge is 0.263 e. The Bertz CT molecular complexity index is 459. The van der Waals surface area contributed by atoms with Crippen LogP contribution in [0.4, 0.5) is 10.1 Å². The Labute approximate surface area is 112 Å². The van der Waals surface area contributed by atoms with Crippen LogP contribution in [0.3, 0.4) is 0 Å². The number of hydrogen-bond donors (Lipinski definition) is 1. The van der Waals surface area contributed by atoms with E-state index in [1.807, 2.05) is 0 Å². The van der Waals surface area contributed by atoms with Gasteiger partial charge >= 0.3 is 0 Å². The predicted molar refractivity (Wildman–Crippen MR) is 71.3 cm³/mol. The van der Waals surface area contributed by atoms with E-state index in [4.69, 9.17) is 10.5 Å². The lowest BCUT2D eigenvalue weighted by molar-refractivity contribution is -0.138. The number of nitrogen functional groups attached to an aromatic ring is 1. The van der Waals surface area contributed by atoms with Crippen molar-refractivity contribution in [3.8, 4) is 5.75 Å². The number of carbonyl (C=O) groups excluding carboxylic acids is 1. The molecule has 0 spiro atoms. The molecular formula is C14H19FN2O2. The SMILES string of the molecule is CC(Oc1cc(F)ccc1N)C(=O)N1CCCCC1. The summed E-state index contributed by atoms with van der Waals surface area (Å²) in [5.41, 5.74) is 6.03. The maximum absolute atomic E-state index is 13.1. The Hall–Kier alpha value is -1.78. The molecule has 2 rings (SSSR count). The maximum Gasteiger partial charge on any atom is 0.263 e. The van der Waals surface area contributed by atoms with E-state index in [1.54, 1.807) is 11.8 Å². The van der Waals surface area contributed by atoms with E-state index < -0.39 is 11.9 Å². The maximum atomic E-state index is 13.1. The lowest BCUT2D eigenvalue weighted by Crippen LogP contribution is -2.43. The Morgan fingerprint density at radius 2 is 2.05 bits per heavy atom. The molecule has 1 aliphatic rings. The molecule has 0 saturated carbocycles. The van der Waals surface area contributed by atoms with Gasteiger partial charge in [-0.1, -0.05) is 0 Å². The van der Waals surface area contributed by atoms with Crippen molar-refractivity contribution >= 4 is 11.6 Å². The van der Waals surface area contributed by atoms with Crippen LogP contribution in [-0.4, -0.2) is 30.0 Å². The molecule has 5 heteroatoms. The summed E-state index contributed by atoms with van der Waals surface area (Å²) in [6.07, 6.45) is 2.57. The molecule has 1 unspecified atom stereocenters. The zero-order chi connectivity index (χ0) is 13.8. The summed E-state index contributed by atoms with van der Waals surface area (Å²) >= 11 is 0. The van der Waals surface area contributed by atoms with Crippen molar-refractivity contribution in [3.63, 3.8) is 0 Å². The van der Waals surface area contributed by atoms with Crippen molar-refractivity contribution in [2.45, 2.75) is 32.3 Å². The fourth-order valence-electron chi connectivity index (χ4n) is 2.22. The summed E-state index contributed by atoms with van der Waals surface area (Å²) < 4.78 is 18.6. The van der Waals surface area contributed by atoms with Crippen LogP contribution in [0.5, 0.6) is 5.75 Å². The third kappa shape index (κ3) is 3.36. The Kier molecular flexibility index (Phi) is 4.24. The minimum atomic E-state index is -0.651. The first-order chi connectivity index (χ1) is 9.08. The number of likely N-dealkylation sites (tertiary alicyclic amines) is 1. The van der Waals surface area contributed by atoms with Gasteiger partial charge in [-0.25, -0.2) is 4.39 Å². The highest BCUT2D eigenvalue weighted by Gasteiger charge is 2.24. The van der Waals surface area contributed by atoms with Gasteiger partial charge in [0.15, 0.2) is 6.10 Å². The summed E-state index contributed by atoms with van der Waals surface area (Å²) in [6, 6.07) is 3.90. The van der Waals surface area contributed by atoms with Crippen LogP contribution in [0.15, 0.2) is 18.2 Å². The largest absolute Gasteiger partial charge is 0.479 e. The second-order valence-corrected chi connectivity index (χ2v) is 4.83. The molecular weight excluding hydrogens is 247 g/mol. The highest BCUT2D eigenvalue weighted by atomic mass is 19.1. The molecule has 1 aromatic carbocycles. The van der Waals surface area contributed by atoms with Gasteiger partial charge < -0.3 is 15.4 Å². The third-order valence-corrected chi connectivity index (χ3v) is 3.29. The lowest BCUT2D eigenvalue weighted by Gasteiger charge is -2.29. The number of carbonyl (C=O) groups is 1. The molecule has 0 bridgehead atoms. The Morgan fingerprint density at radius 1 is 1.37 bits per heavy atom. The van der Waals surface area contributed by atoms with Crippen molar-refractivity contribution in [3.05, 3.63) is 24.0 Å². The van der Waals surface area contributed by atoms with Gasteiger partial charge in [0.25, 0.3) is 5.91 Å². The van der Waals surface area contributed by atoms with E-state index in [1.165, 1.54) is 18.2 Å². The molecule has 2 N–H and O–H groups in total. The van der Waals surface area contributed by atoms with Crippen LogP contribution in [0, 0.1) is 5.82 Å². The van der Waals surface area contributed by atoms with Crippen molar-refractivity contribution < 1.29 is 13.9 Å². The zero-order valence-electron chi connectivity index (χ0n) is 11.1. The number of rotatable bonds is 3. The molecule has 0 radical (unpaired) electrons. The number of benzene rings is 1. The number of nitrogens with two attached hydrogens (primary N) is 1. The summed E-state index contributed by atoms with van der Waals surface area (Å²) in [6.45, 7) is 3.21. The molecule has 1 aromatic rings. The summed E-state index contributed by atoms with van der Waals surface area (Å²) in [5.74, 6) is -0.275.